The Balaban J connectivity index is 1.95. The average molecular weight is 385 g/mol. The molecule has 1 saturated heterocycles. The van der Waals surface area contributed by atoms with E-state index in [9.17, 15) is 4.79 Å². The number of carbonyl (C=O) groups excluding carboxylic acids is 1. The fourth-order valence-electron chi connectivity index (χ4n) is 3.82. The molecule has 28 heavy (non-hydrogen) atoms. The van der Waals surface area contributed by atoms with Gasteiger partial charge in [0.05, 0.1) is 33.9 Å². The second-order valence-electron chi connectivity index (χ2n) is 6.66. The van der Waals surface area contributed by atoms with Gasteiger partial charge < -0.3 is 24.3 Å². The Morgan fingerprint density at radius 2 is 1.64 bits per heavy atom. The summed E-state index contributed by atoms with van der Waals surface area (Å²) in [7, 11) is 4.85. The first-order chi connectivity index (χ1) is 13.6. The topological polar surface area (TPSA) is 66.0 Å². The van der Waals surface area contributed by atoms with E-state index in [0.29, 0.717) is 24.7 Å². The first-order valence-corrected chi connectivity index (χ1v) is 9.38. The summed E-state index contributed by atoms with van der Waals surface area (Å²) in [5.74, 6) is 1.52. The molecule has 1 aliphatic rings. The van der Waals surface area contributed by atoms with Crippen molar-refractivity contribution in [3.8, 4) is 17.2 Å². The molecular formula is C22H27NO5. The van der Waals surface area contributed by atoms with Gasteiger partial charge in [-0.25, -0.2) is 0 Å². The molecule has 0 amide bonds. The van der Waals surface area contributed by atoms with Gasteiger partial charge in [0, 0.05) is 18.5 Å². The second kappa shape index (κ2) is 8.97. The third-order valence-electron chi connectivity index (χ3n) is 5.22. The summed E-state index contributed by atoms with van der Waals surface area (Å²) in [5, 5.41) is 3.50. The van der Waals surface area contributed by atoms with Crippen molar-refractivity contribution in [3.05, 3.63) is 53.6 Å². The van der Waals surface area contributed by atoms with Crippen LogP contribution in [0.25, 0.3) is 0 Å². The molecule has 0 aromatic heterocycles. The first kappa shape index (κ1) is 20.0. The number of hydrogen-bond donors (Lipinski definition) is 1. The summed E-state index contributed by atoms with van der Waals surface area (Å²) in [5.41, 5.74) is 2.04. The lowest BCUT2D eigenvalue weighted by Crippen LogP contribution is -2.27. The van der Waals surface area contributed by atoms with Crippen LogP contribution in [-0.2, 0) is 9.53 Å². The standard InChI is InChI=1S/C22H27NO5/c1-5-28-22(24)20-17(15-8-11-18(26-3)19(12-15)27-4)13-23-21(20)14-6-9-16(25-2)10-7-14/h6-12,17,20-21,23H,5,13H2,1-4H3/t17-,20-,21+/m1/s1. The minimum absolute atomic E-state index is 0.0362. The van der Waals surface area contributed by atoms with Gasteiger partial charge in [-0.2, -0.15) is 0 Å². The molecule has 1 N–H and O–H groups in total. The zero-order chi connectivity index (χ0) is 20.1. The van der Waals surface area contributed by atoms with E-state index in [0.717, 1.165) is 16.9 Å². The van der Waals surface area contributed by atoms with Crippen LogP contribution in [-0.4, -0.2) is 40.5 Å². The quantitative estimate of drug-likeness (QED) is 0.738. The van der Waals surface area contributed by atoms with Gasteiger partial charge in [0.15, 0.2) is 11.5 Å². The largest absolute Gasteiger partial charge is 0.497 e. The molecule has 1 aliphatic heterocycles. The molecule has 0 bridgehead atoms. The number of nitrogens with one attached hydrogen (secondary N) is 1. The van der Waals surface area contributed by atoms with E-state index in [1.54, 1.807) is 21.3 Å². The summed E-state index contributed by atoms with van der Waals surface area (Å²) >= 11 is 0. The third-order valence-corrected chi connectivity index (χ3v) is 5.22. The zero-order valence-electron chi connectivity index (χ0n) is 16.7. The predicted molar refractivity (Wildman–Crippen MR) is 106 cm³/mol. The number of benzene rings is 2. The van der Waals surface area contributed by atoms with Crippen LogP contribution in [0.2, 0.25) is 0 Å². The molecule has 6 nitrogen and oxygen atoms in total. The highest BCUT2D eigenvalue weighted by Crippen LogP contribution is 2.42. The molecule has 2 aromatic rings. The van der Waals surface area contributed by atoms with Gasteiger partial charge in [-0.05, 0) is 42.3 Å². The monoisotopic (exact) mass is 385 g/mol. The van der Waals surface area contributed by atoms with E-state index in [2.05, 4.69) is 5.32 Å². The lowest BCUT2D eigenvalue weighted by Gasteiger charge is -2.23. The molecule has 6 heteroatoms. The van der Waals surface area contributed by atoms with E-state index >= 15 is 0 Å². The molecule has 3 atom stereocenters. The maximum Gasteiger partial charge on any atom is 0.311 e. The number of rotatable bonds is 7. The Hall–Kier alpha value is -2.73. The number of hydrogen-bond acceptors (Lipinski definition) is 6. The van der Waals surface area contributed by atoms with Gasteiger partial charge in [-0.1, -0.05) is 18.2 Å². The summed E-state index contributed by atoms with van der Waals surface area (Å²) in [6.07, 6.45) is 0. The average Bonchev–Trinajstić information content (AvgIpc) is 3.18. The Bertz CT molecular complexity index is 805. The normalized spacial score (nSPS) is 21.2. The highest BCUT2D eigenvalue weighted by molar-refractivity contribution is 5.76. The molecule has 0 spiro atoms. The highest BCUT2D eigenvalue weighted by Gasteiger charge is 2.43. The predicted octanol–water partition coefficient (Wildman–Crippen LogP) is 3.32. The van der Waals surface area contributed by atoms with E-state index in [1.165, 1.54) is 0 Å². The van der Waals surface area contributed by atoms with Crippen molar-refractivity contribution in [2.75, 3.05) is 34.5 Å². The molecule has 0 saturated carbocycles. The molecule has 1 fully saturated rings. The Morgan fingerprint density at radius 1 is 0.964 bits per heavy atom. The summed E-state index contributed by atoms with van der Waals surface area (Å²) in [6, 6.07) is 13.4. The van der Waals surface area contributed by atoms with Crippen molar-refractivity contribution in [1.82, 2.24) is 5.32 Å². The van der Waals surface area contributed by atoms with Crippen molar-refractivity contribution < 1.29 is 23.7 Å². The lowest BCUT2D eigenvalue weighted by molar-refractivity contribution is -0.148. The van der Waals surface area contributed by atoms with Crippen molar-refractivity contribution in [3.63, 3.8) is 0 Å². The van der Waals surface area contributed by atoms with Gasteiger partial charge >= 0.3 is 5.97 Å². The third kappa shape index (κ3) is 3.92. The van der Waals surface area contributed by atoms with E-state index in [-0.39, 0.29) is 23.8 Å². The Labute approximate surface area is 165 Å². The minimum atomic E-state index is -0.341. The van der Waals surface area contributed by atoms with Crippen molar-refractivity contribution >= 4 is 5.97 Å². The lowest BCUT2D eigenvalue weighted by atomic mass is 9.82. The molecule has 2 aromatic carbocycles. The molecule has 0 aliphatic carbocycles. The molecule has 3 rings (SSSR count). The van der Waals surface area contributed by atoms with Gasteiger partial charge in [0.1, 0.15) is 5.75 Å². The van der Waals surface area contributed by atoms with E-state index < -0.39 is 0 Å². The molecular weight excluding hydrogens is 358 g/mol. The Kier molecular flexibility index (Phi) is 6.41. The Morgan fingerprint density at radius 3 is 2.25 bits per heavy atom. The van der Waals surface area contributed by atoms with E-state index in [1.807, 2.05) is 49.4 Å². The summed E-state index contributed by atoms with van der Waals surface area (Å²) in [4.78, 5) is 12.9. The summed E-state index contributed by atoms with van der Waals surface area (Å²) in [6.45, 7) is 2.84. The van der Waals surface area contributed by atoms with Crippen molar-refractivity contribution in [1.29, 1.82) is 0 Å². The maximum absolute atomic E-state index is 12.9. The van der Waals surface area contributed by atoms with Gasteiger partial charge in [0.25, 0.3) is 0 Å². The molecule has 150 valence electrons. The van der Waals surface area contributed by atoms with Crippen LogP contribution >= 0.6 is 0 Å². The second-order valence-corrected chi connectivity index (χ2v) is 6.66. The molecule has 1 heterocycles. The first-order valence-electron chi connectivity index (χ1n) is 9.38. The van der Waals surface area contributed by atoms with E-state index in [4.69, 9.17) is 18.9 Å². The molecule has 0 unspecified atom stereocenters. The minimum Gasteiger partial charge on any atom is -0.497 e. The number of methoxy groups -OCH3 is 3. The van der Waals surface area contributed by atoms with Crippen LogP contribution in [0.4, 0.5) is 0 Å². The smallest absolute Gasteiger partial charge is 0.311 e. The highest BCUT2D eigenvalue weighted by atomic mass is 16.5. The summed E-state index contributed by atoms with van der Waals surface area (Å²) < 4.78 is 21.4. The van der Waals surface area contributed by atoms with Crippen LogP contribution in [0.3, 0.4) is 0 Å². The van der Waals surface area contributed by atoms with Crippen LogP contribution in [0.1, 0.15) is 30.0 Å². The maximum atomic E-state index is 12.9. The number of carbonyl (C=O) groups is 1. The SMILES string of the molecule is CCOC(=O)[C@@H]1[C@@H](c2ccc(OC)c(OC)c2)CN[C@H]1c1ccc(OC)cc1. The van der Waals surface area contributed by atoms with Crippen LogP contribution < -0.4 is 19.5 Å². The van der Waals surface area contributed by atoms with Crippen LogP contribution in [0.5, 0.6) is 17.2 Å². The van der Waals surface area contributed by atoms with Gasteiger partial charge in [0.2, 0.25) is 0 Å². The fourth-order valence-corrected chi connectivity index (χ4v) is 3.82. The van der Waals surface area contributed by atoms with Crippen LogP contribution in [0.15, 0.2) is 42.5 Å². The number of esters is 1. The van der Waals surface area contributed by atoms with Crippen molar-refractivity contribution in [2.45, 2.75) is 18.9 Å². The van der Waals surface area contributed by atoms with Gasteiger partial charge in [-0.3, -0.25) is 4.79 Å². The van der Waals surface area contributed by atoms with Crippen LogP contribution in [0, 0.1) is 5.92 Å². The van der Waals surface area contributed by atoms with Gasteiger partial charge in [-0.15, -0.1) is 0 Å². The zero-order valence-corrected chi connectivity index (χ0v) is 16.7. The fraction of sp³-hybridized carbons (Fsp3) is 0.409. The number of ether oxygens (including phenoxy) is 4. The molecule has 0 radical (unpaired) electrons. The van der Waals surface area contributed by atoms with Crippen molar-refractivity contribution in [2.24, 2.45) is 5.92 Å².